The smallest absolute Gasteiger partial charge is 0.485 e. The van der Waals surface area contributed by atoms with Gasteiger partial charge in [0, 0.05) is 11.1 Å². The van der Waals surface area contributed by atoms with Crippen molar-refractivity contribution < 1.29 is 66.0 Å². The van der Waals surface area contributed by atoms with Gasteiger partial charge in [0.15, 0.2) is 39.4 Å². The lowest BCUT2D eigenvalue weighted by Crippen LogP contribution is -2.72. The molecule has 0 amide bonds. The van der Waals surface area contributed by atoms with Crippen LogP contribution in [0.4, 0.5) is 30.8 Å². The van der Waals surface area contributed by atoms with Crippen LogP contribution in [0, 0.1) is 0 Å². The molecule has 0 spiro atoms. The predicted molar refractivity (Wildman–Crippen MR) is 117 cm³/mol. The lowest BCUT2D eigenvalue weighted by molar-refractivity contribution is -1.18. The molecule has 0 saturated carbocycles. The maximum absolute atomic E-state index is 15.7. The molecule has 17 heteroatoms. The van der Waals surface area contributed by atoms with Gasteiger partial charge in [0.05, 0.1) is 7.05 Å². The molecule has 5 rings (SSSR count). The van der Waals surface area contributed by atoms with E-state index in [9.17, 15) is 26.3 Å². The van der Waals surface area contributed by atoms with E-state index < -0.39 is 31.3 Å². The number of benzene rings is 2. The van der Waals surface area contributed by atoms with Gasteiger partial charge in [0.2, 0.25) is 6.04 Å². The van der Waals surface area contributed by atoms with Gasteiger partial charge in [0.25, 0.3) is 0 Å². The van der Waals surface area contributed by atoms with Gasteiger partial charge in [-0.1, -0.05) is 60.7 Å². The van der Waals surface area contributed by atoms with Crippen LogP contribution in [-0.2, 0) is 20.2 Å². The lowest BCUT2D eigenvalue weighted by atomic mass is 9.84. The zero-order valence-corrected chi connectivity index (χ0v) is 21.2. The maximum atomic E-state index is 15.7. The van der Waals surface area contributed by atoms with Crippen LogP contribution in [0.5, 0.6) is 0 Å². The van der Waals surface area contributed by atoms with Gasteiger partial charge in [-0.15, -0.1) is 4.71 Å². The summed E-state index contributed by atoms with van der Waals surface area (Å²) in [5, 5.41) is 0. The van der Waals surface area contributed by atoms with Crippen LogP contribution >= 0.6 is 0 Å². The molecule has 0 unspecified atom stereocenters. The number of alkyl halides is 6. The topological polar surface area (TPSA) is 114 Å². The first-order chi connectivity index (χ1) is 17.1. The molecule has 3 aliphatic heterocycles. The molecule has 0 radical (unpaired) electrons. The van der Waals surface area contributed by atoms with Crippen LogP contribution in [0.3, 0.4) is 0 Å². The number of quaternary nitrogens is 2. The molecule has 0 aliphatic carbocycles. The van der Waals surface area contributed by atoms with E-state index in [0.717, 1.165) is 23.1 Å². The molecule has 3 fully saturated rings. The van der Waals surface area contributed by atoms with Crippen LogP contribution in [0.25, 0.3) is 0 Å². The van der Waals surface area contributed by atoms with Crippen LogP contribution in [0.15, 0.2) is 60.7 Å². The van der Waals surface area contributed by atoms with Crippen molar-refractivity contribution in [2.45, 2.75) is 23.1 Å². The second kappa shape index (κ2) is 11.1. The molecular weight excluding hydrogens is 573 g/mol. The highest BCUT2D eigenvalue weighted by Gasteiger charge is 2.63. The molecule has 8 nitrogen and oxygen atoms in total. The minimum absolute atomic E-state index is 0.101. The fourth-order valence-electron chi connectivity index (χ4n) is 4.46. The molecule has 0 N–H and O–H groups in total. The van der Waals surface area contributed by atoms with Crippen molar-refractivity contribution in [2.75, 3.05) is 33.2 Å². The zero-order valence-electron chi connectivity index (χ0n) is 19.6. The van der Waals surface area contributed by atoms with Crippen molar-refractivity contribution in [2.24, 2.45) is 0 Å². The highest BCUT2D eigenvalue weighted by Crippen LogP contribution is 2.52. The SMILES string of the molecule is C[N+]12CC[N+](F)(CC1)[C@@H](c1ccccc1)[C@@H]2c1ccccc1.O=S(=O)([O-])C(F)(F)F.O=S(=O)([O-])C(F)(F)F. The summed E-state index contributed by atoms with van der Waals surface area (Å²) in [6, 6.07) is 20.9. The first kappa shape index (κ1) is 31.9. The number of hydrogen-bond acceptors (Lipinski definition) is 6. The van der Waals surface area contributed by atoms with E-state index in [1.807, 2.05) is 24.3 Å². The molecule has 38 heavy (non-hydrogen) atoms. The molecule has 3 heterocycles. The molecule has 2 aromatic rings. The number of likely N-dealkylation sites (N-methyl/N-ethyl adjacent to an activating group) is 1. The zero-order chi connectivity index (χ0) is 29.2. The Labute approximate surface area is 214 Å². The average molecular weight is 597 g/mol. The van der Waals surface area contributed by atoms with Gasteiger partial charge < -0.3 is 13.6 Å². The monoisotopic (exact) mass is 596 g/mol. The van der Waals surface area contributed by atoms with Crippen molar-refractivity contribution in [3.05, 3.63) is 71.8 Å². The number of halogens is 7. The van der Waals surface area contributed by atoms with Crippen molar-refractivity contribution >= 4 is 20.2 Å². The van der Waals surface area contributed by atoms with Crippen LogP contribution in [0.2, 0.25) is 0 Å². The number of fused-ring (bicyclic) bond motifs is 3. The van der Waals surface area contributed by atoms with Crippen molar-refractivity contribution in [1.29, 1.82) is 0 Å². The van der Waals surface area contributed by atoms with Gasteiger partial charge in [0.1, 0.15) is 13.1 Å². The molecule has 214 valence electrons. The largest absolute Gasteiger partial charge is 0.741 e. The van der Waals surface area contributed by atoms with Crippen molar-refractivity contribution in [1.82, 2.24) is 0 Å². The van der Waals surface area contributed by atoms with E-state index in [2.05, 4.69) is 43.4 Å². The lowest BCUT2D eigenvalue weighted by Gasteiger charge is -2.56. The third-order valence-corrected chi connectivity index (χ3v) is 7.42. The number of rotatable bonds is 2. The third kappa shape index (κ3) is 7.41. The molecule has 0 aromatic heterocycles. The van der Waals surface area contributed by atoms with E-state index in [1.165, 1.54) is 5.56 Å². The van der Waals surface area contributed by atoms with Gasteiger partial charge in [-0.2, -0.15) is 26.3 Å². The second-order valence-electron chi connectivity index (χ2n) is 8.81. The Bertz CT molecular complexity index is 1180. The average Bonchev–Trinajstić information content (AvgIpc) is 2.79. The molecule has 2 bridgehead atoms. The summed E-state index contributed by atoms with van der Waals surface area (Å²) >= 11 is 0. The van der Waals surface area contributed by atoms with Gasteiger partial charge in [-0.3, -0.25) is 0 Å². The van der Waals surface area contributed by atoms with Crippen LogP contribution in [0.1, 0.15) is 23.2 Å². The van der Waals surface area contributed by atoms with E-state index in [4.69, 9.17) is 25.9 Å². The first-order valence-corrected chi connectivity index (χ1v) is 13.5. The summed E-state index contributed by atoms with van der Waals surface area (Å²) in [6.45, 7) is 3.08. The summed E-state index contributed by atoms with van der Waals surface area (Å²) < 4.78 is 134. The highest BCUT2D eigenvalue weighted by molar-refractivity contribution is 7.86. The molecule has 3 aliphatic rings. The summed E-state index contributed by atoms with van der Waals surface area (Å²) in [5.74, 6) is 0. The van der Waals surface area contributed by atoms with Crippen LogP contribution in [-0.4, -0.2) is 79.4 Å². The van der Waals surface area contributed by atoms with E-state index in [0.29, 0.717) is 13.1 Å². The molecule has 2 aromatic carbocycles. The minimum atomic E-state index is -6.09. The maximum Gasteiger partial charge on any atom is 0.485 e. The Balaban J connectivity index is 0.000000264. The summed E-state index contributed by atoms with van der Waals surface area (Å²) in [7, 11) is -9.88. The predicted octanol–water partition coefficient (Wildman–Crippen LogP) is 3.75. The Morgan fingerprint density at radius 2 is 0.947 bits per heavy atom. The van der Waals surface area contributed by atoms with Crippen LogP contribution < -0.4 is 0 Å². The van der Waals surface area contributed by atoms with Crippen molar-refractivity contribution in [3.63, 3.8) is 0 Å². The Morgan fingerprint density at radius 1 is 0.658 bits per heavy atom. The normalized spacial score (nSPS) is 27.4. The molecular formula is C21H23F7N2O6S2. The number of piperazine rings is 3. The van der Waals surface area contributed by atoms with E-state index in [1.54, 1.807) is 0 Å². The fraction of sp³-hybridized carbons (Fsp3) is 0.429. The second-order valence-corrected chi connectivity index (χ2v) is 11.6. The standard InChI is InChI=1S/C19H23FN2.2CHF3O3S/c1-21-12-14-22(20,15-13-21)19(17-10-6-3-7-11-17)18(21)16-8-4-2-5-9-16;2*2-1(3,4)8(5,6)7/h2-11,18-19H,12-15H2,1H3;2*(H,5,6,7)/q+2;;/p-2/t18-,19-,21?,22?;;/m0../s1. The number of hydrogen-bond donors (Lipinski definition) is 0. The number of nitrogens with zero attached hydrogens (tertiary/aromatic N) is 2. The van der Waals surface area contributed by atoms with E-state index in [-0.39, 0.29) is 16.8 Å². The summed E-state index contributed by atoms with van der Waals surface area (Å²) in [5.41, 5.74) is -8.90. The third-order valence-electron chi connectivity index (χ3n) is 6.28. The Kier molecular flexibility index (Phi) is 9.28. The van der Waals surface area contributed by atoms with Crippen molar-refractivity contribution in [3.8, 4) is 0 Å². The Hall–Kier alpha value is -2.31. The molecule has 3 saturated heterocycles. The summed E-state index contributed by atoms with van der Waals surface area (Å²) in [6.07, 6.45) is 0. The minimum Gasteiger partial charge on any atom is -0.741 e. The summed E-state index contributed by atoms with van der Waals surface area (Å²) in [4.78, 5) is 0. The first-order valence-electron chi connectivity index (χ1n) is 10.7. The molecule has 2 atom stereocenters. The van der Waals surface area contributed by atoms with Gasteiger partial charge in [-0.05, 0) is 4.48 Å². The van der Waals surface area contributed by atoms with Gasteiger partial charge in [-0.25, -0.2) is 16.8 Å². The van der Waals surface area contributed by atoms with E-state index >= 15 is 4.48 Å². The fourth-order valence-corrected chi connectivity index (χ4v) is 4.46. The quantitative estimate of drug-likeness (QED) is 0.172. The van der Waals surface area contributed by atoms with Gasteiger partial charge >= 0.3 is 11.0 Å². The highest BCUT2D eigenvalue weighted by atomic mass is 32.2. The Morgan fingerprint density at radius 3 is 1.24 bits per heavy atom.